The minimum atomic E-state index is 0.383. The molecule has 0 spiro atoms. The first-order valence-corrected chi connectivity index (χ1v) is 8.86. The van der Waals surface area contributed by atoms with Gasteiger partial charge in [-0.3, -0.25) is 4.40 Å². The van der Waals surface area contributed by atoms with E-state index in [0.29, 0.717) is 6.04 Å². The van der Waals surface area contributed by atoms with Crippen LogP contribution >= 0.6 is 0 Å². The van der Waals surface area contributed by atoms with Gasteiger partial charge in [0.05, 0.1) is 16.6 Å². The Kier molecular flexibility index (Phi) is 3.65. The zero-order chi connectivity index (χ0) is 16.7. The van der Waals surface area contributed by atoms with Gasteiger partial charge < -0.3 is 5.32 Å². The fourth-order valence-electron chi connectivity index (χ4n) is 3.74. The predicted octanol–water partition coefficient (Wildman–Crippen LogP) is 4.45. The minimum Gasteiger partial charge on any atom is -0.368 e. The molecule has 0 radical (unpaired) electrons. The van der Waals surface area contributed by atoms with E-state index in [0.717, 1.165) is 53.7 Å². The number of fused-ring (bicyclic) bond motifs is 4. The molecule has 0 amide bonds. The first-order chi connectivity index (χ1) is 11.7. The molecule has 2 heterocycles. The molecule has 1 atom stereocenters. The summed E-state index contributed by atoms with van der Waals surface area (Å²) in [7, 11) is 0. The van der Waals surface area contributed by atoms with Crippen molar-refractivity contribution < 1.29 is 0 Å². The number of nitriles is 1. The number of imidazole rings is 1. The maximum absolute atomic E-state index is 9.81. The van der Waals surface area contributed by atoms with Crippen LogP contribution in [-0.4, -0.2) is 15.4 Å². The van der Waals surface area contributed by atoms with Gasteiger partial charge in [0, 0.05) is 6.04 Å². The molecule has 4 rings (SSSR count). The Morgan fingerprint density at radius 1 is 1.25 bits per heavy atom. The molecule has 122 valence electrons. The molecule has 4 nitrogen and oxygen atoms in total. The smallest absolute Gasteiger partial charge is 0.157 e. The molecule has 1 N–H and O–H groups in total. The number of pyridine rings is 1. The van der Waals surface area contributed by atoms with Gasteiger partial charge in [-0.15, -0.1) is 0 Å². The summed E-state index contributed by atoms with van der Waals surface area (Å²) in [6.45, 7) is 4.40. The fourth-order valence-corrected chi connectivity index (χ4v) is 3.74. The number of nitrogens with zero attached hydrogens (tertiary/aromatic N) is 3. The van der Waals surface area contributed by atoms with E-state index in [-0.39, 0.29) is 0 Å². The number of anilines is 1. The van der Waals surface area contributed by atoms with Crippen LogP contribution in [0, 0.1) is 11.3 Å². The highest BCUT2D eigenvalue weighted by molar-refractivity contribution is 5.86. The largest absolute Gasteiger partial charge is 0.368 e. The highest BCUT2D eigenvalue weighted by Crippen LogP contribution is 2.35. The lowest BCUT2D eigenvalue weighted by molar-refractivity contribution is 0.676. The van der Waals surface area contributed by atoms with Crippen LogP contribution in [-0.2, 0) is 12.8 Å². The Labute approximate surface area is 142 Å². The monoisotopic (exact) mass is 318 g/mol. The Morgan fingerprint density at radius 3 is 2.75 bits per heavy atom. The van der Waals surface area contributed by atoms with Crippen molar-refractivity contribution in [3.8, 4) is 6.07 Å². The third-order valence-electron chi connectivity index (χ3n) is 5.17. The Morgan fingerprint density at radius 2 is 2.00 bits per heavy atom. The second-order valence-corrected chi connectivity index (χ2v) is 6.71. The molecule has 0 unspecified atom stereocenters. The van der Waals surface area contributed by atoms with E-state index in [2.05, 4.69) is 35.7 Å². The molecule has 0 aliphatic heterocycles. The second-order valence-electron chi connectivity index (χ2n) is 6.71. The van der Waals surface area contributed by atoms with Gasteiger partial charge in [-0.05, 0) is 62.3 Å². The molecular weight excluding hydrogens is 296 g/mol. The SMILES string of the molecule is CC[C@@H](C)Nc1c2c(c(C#N)c3nc4ccccc4n13)CCCC2. The Bertz CT molecular complexity index is 961. The summed E-state index contributed by atoms with van der Waals surface area (Å²) >= 11 is 0. The molecule has 24 heavy (non-hydrogen) atoms. The van der Waals surface area contributed by atoms with Crippen LogP contribution in [0.2, 0.25) is 0 Å². The first-order valence-electron chi connectivity index (χ1n) is 8.86. The fraction of sp³-hybridized carbons (Fsp3) is 0.400. The van der Waals surface area contributed by atoms with Crippen molar-refractivity contribution in [2.75, 3.05) is 5.32 Å². The van der Waals surface area contributed by atoms with Crippen molar-refractivity contribution >= 4 is 22.5 Å². The van der Waals surface area contributed by atoms with Crippen LogP contribution in [0.15, 0.2) is 24.3 Å². The average molecular weight is 318 g/mol. The van der Waals surface area contributed by atoms with Gasteiger partial charge in [0.15, 0.2) is 5.65 Å². The Hall–Kier alpha value is -2.54. The number of benzene rings is 1. The van der Waals surface area contributed by atoms with Crippen molar-refractivity contribution in [1.29, 1.82) is 5.26 Å². The molecule has 2 aromatic heterocycles. The van der Waals surface area contributed by atoms with Crippen molar-refractivity contribution in [2.24, 2.45) is 0 Å². The summed E-state index contributed by atoms with van der Waals surface area (Å²) in [4.78, 5) is 4.79. The number of hydrogen-bond acceptors (Lipinski definition) is 3. The molecule has 1 aliphatic rings. The number of para-hydroxylation sites is 2. The van der Waals surface area contributed by atoms with Crippen molar-refractivity contribution in [3.05, 3.63) is 41.0 Å². The molecule has 0 saturated carbocycles. The van der Waals surface area contributed by atoms with Crippen LogP contribution in [0.3, 0.4) is 0 Å². The molecule has 4 heteroatoms. The van der Waals surface area contributed by atoms with Crippen LogP contribution in [0.25, 0.3) is 16.7 Å². The van der Waals surface area contributed by atoms with Crippen LogP contribution < -0.4 is 5.32 Å². The lowest BCUT2D eigenvalue weighted by atomic mass is 9.89. The molecule has 1 aliphatic carbocycles. The van der Waals surface area contributed by atoms with E-state index in [9.17, 15) is 5.26 Å². The van der Waals surface area contributed by atoms with E-state index in [1.54, 1.807) is 0 Å². The van der Waals surface area contributed by atoms with Crippen molar-refractivity contribution in [2.45, 2.75) is 52.0 Å². The average Bonchev–Trinajstić information content (AvgIpc) is 3.00. The number of hydrogen-bond donors (Lipinski definition) is 1. The summed E-state index contributed by atoms with van der Waals surface area (Å²) in [5, 5.41) is 13.5. The van der Waals surface area contributed by atoms with E-state index in [1.807, 2.05) is 18.2 Å². The second kappa shape index (κ2) is 5.83. The van der Waals surface area contributed by atoms with E-state index in [1.165, 1.54) is 17.5 Å². The predicted molar refractivity (Wildman–Crippen MR) is 97.4 cm³/mol. The zero-order valence-electron chi connectivity index (χ0n) is 14.3. The minimum absolute atomic E-state index is 0.383. The highest BCUT2D eigenvalue weighted by Gasteiger charge is 2.24. The first kappa shape index (κ1) is 15.0. The standard InChI is InChI=1S/C20H22N4/c1-3-13(2)22-19-15-9-5-4-8-14(15)16(12-21)20-23-17-10-6-7-11-18(17)24(19)20/h6-7,10-11,13,22H,3-5,8-9H2,1-2H3/t13-/m1/s1. The van der Waals surface area contributed by atoms with Gasteiger partial charge in [-0.2, -0.15) is 5.26 Å². The molecular formula is C20H22N4. The lowest BCUT2D eigenvalue weighted by Crippen LogP contribution is -2.20. The summed E-state index contributed by atoms with van der Waals surface area (Å²) in [5.41, 5.74) is 6.10. The third kappa shape index (κ3) is 2.16. The summed E-state index contributed by atoms with van der Waals surface area (Å²) in [6, 6.07) is 11.0. The summed E-state index contributed by atoms with van der Waals surface area (Å²) in [6.07, 6.45) is 5.41. The number of rotatable bonds is 3. The van der Waals surface area contributed by atoms with Gasteiger partial charge in [0.2, 0.25) is 0 Å². The van der Waals surface area contributed by atoms with Gasteiger partial charge in [-0.25, -0.2) is 4.98 Å². The van der Waals surface area contributed by atoms with Crippen molar-refractivity contribution in [3.63, 3.8) is 0 Å². The topological polar surface area (TPSA) is 53.1 Å². The molecule has 0 fully saturated rings. The normalized spacial score (nSPS) is 15.2. The molecule has 0 saturated heterocycles. The van der Waals surface area contributed by atoms with Crippen LogP contribution in [0.4, 0.5) is 5.82 Å². The van der Waals surface area contributed by atoms with E-state index in [4.69, 9.17) is 4.98 Å². The van der Waals surface area contributed by atoms with Crippen LogP contribution in [0.5, 0.6) is 0 Å². The lowest BCUT2D eigenvalue weighted by Gasteiger charge is -2.25. The van der Waals surface area contributed by atoms with E-state index >= 15 is 0 Å². The quantitative estimate of drug-likeness (QED) is 0.776. The molecule has 0 bridgehead atoms. The van der Waals surface area contributed by atoms with Crippen molar-refractivity contribution in [1.82, 2.24) is 9.38 Å². The Balaban J connectivity index is 2.14. The maximum Gasteiger partial charge on any atom is 0.157 e. The number of aromatic nitrogens is 2. The molecule has 3 aromatic rings. The third-order valence-corrected chi connectivity index (χ3v) is 5.17. The van der Waals surface area contributed by atoms with Gasteiger partial charge in [0.25, 0.3) is 0 Å². The maximum atomic E-state index is 9.81. The summed E-state index contributed by atoms with van der Waals surface area (Å²) in [5.74, 6) is 1.14. The van der Waals surface area contributed by atoms with Gasteiger partial charge in [-0.1, -0.05) is 19.1 Å². The summed E-state index contributed by atoms with van der Waals surface area (Å²) < 4.78 is 2.17. The number of nitrogens with one attached hydrogen (secondary N) is 1. The molecule has 1 aromatic carbocycles. The van der Waals surface area contributed by atoms with Gasteiger partial charge >= 0.3 is 0 Å². The highest BCUT2D eigenvalue weighted by atomic mass is 15.1. The van der Waals surface area contributed by atoms with E-state index < -0.39 is 0 Å². The zero-order valence-corrected chi connectivity index (χ0v) is 14.3. The van der Waals surface area contributed by atoms with Gasteiger partial charge in [0.1, 0.15) is 11.9 Å². The van der Waals surface area contributed by atoms with Crippen LogP contribution in [0.1, 0.15) is 49.8 Å².